The molecule has 6 amide bonds. The fourth-order valence-corrected chi connectivity index (χ4v) is 14.1. The summed E-state index contributed by atoms with van der Waals surface area (Å²) in [4.78, 5) is 115. The Morgan fingerprint density at radius 1 is 0.667 bits per heavy atom. The number of benzene rings is 2. The number of carboxylic acids is 2. The van der Waals surface area contributed by atoms with E-state index < -0.39 is 106 Å². The maximum absolute atomic E-state index is 14.1. The summed E-state index contributed by atoms with van der Waals surface area (Å²) in [6, 6.07) is 7.77. The Hall–Kier alpha value is -5.93. The fourth-order valence-electron chi connectivity index (χ4n) is 11.1. The Bertz CT molecular complexity index is 3300. The topological polar surface area (TPSA) is 305 Å². The molecule has 6 heterocycles. The first-order chi connectivity index (χ1) is 41.0. The summed E-state index contributed by atoms with van der Waals surface area (Å²) < 4.78 is 21.5. The van der Waals surface area contributed by atoms with Crippen LogP contribution in [0, 0.1) is 11.8 Å². The average Bonchev–Trinajstić information content (AvgIpc) is 1.61. The van der Waals surface area contributed by atoms with Crippen molar-refractivity contribution in [2.24, 2.45) is 11.8 Å². The SMILES string of the molecule is CC(C)(C)OC(=O)N[C@H]1CCCCC/C=C\[C@@H]2C[C@@]2(C(=O)O)NC(=O)[C@@H]2C[C@@H](O)CN2C1=O.CC(C)(C)OC(=O)N[C@H]1CCCCC/C=C\[C@@H]2C[C@@]2(C(=O)O)NC(=O)[C@@H]2C[C@@H](Oc3nc4ccc(Br)cc4s3)CN2C1=O.Clc1nc2ccc(Br)cc2s1. The number of thiazole rings is 2. The number of alkyl carbamates (subject to hydrolysis) is 2. The molecule has 4 aromatic rings. The number of allylic oxidation sites excluding steroid dienone is 2. The standard InChI is InChI=1S/C30H37BrN4O7S.C23H35N3O7.C7H3BrClNS/c1-29(2,3)42-27(40)32-21-10-8-6-4-5-7-9-17-15-30(17,26(38)39)34-24(36)22-14-19(16-35(22)25(21)37)41-28-33-20-12-11-18(31)13-23(20)43-28;1-22(2,3)33-21(32)24-16-10-8-6-4-5-7-9-14-12-23(14,20(30)31)25-18(28)17-11-15(27)13-26(17)19(16)29;8-4-1-2-5-6(3-4)11-7(9)10-5/h7,9,11-13,17,19,21-22H,4-6,8,10,14-16H2,1-3H3,(H,32,40)(H,34,36)(H,38,39);7,9,14-17,27H,4-6,8,10-13H2,1-3H3,(H,24,32)(H,25,28)(H,30,31);1-3H/b2*9-7-;/t17-,19-,21+,22+,30-;14-,15-,16+,17+,23-;/m11./s1. The number of carbonyl (C=O) groups is 8. The number of amides is 6. The average molecular weight is 1390 g/mol. The molecule has 2 aromatic heterocycles. The Labute approximate surface area is 534 Å². The van der Waals surface area contributed by atoms with Crippen LogP contribution in [0.5, 0.6) is 5.19 Å². The second-order valence-corrected chi connectivity index (χ2v) is 29.2. The highest BCUT2D eigenvalue weighted by Crippen LogP contribution is 2.47. The van der Waals surface area contributed by atoms with Crippen molar-refractivity contribution in [3.8, 4) is 5.19 Å². The lowest BCUT2D eigenvalue weighted by molar-refractivity contribution is -0.146. The molecule has 472 valence electrons. The molecule has 22 nitrogen and oxygen atoms in total. The molecule has 2 saturated carbocycles. The summed E-state index contributed by atoms with van der Waals surface area (Å²) in [5, 5.41) is 41.2. The number of ether oxygens (including phenoxy) is 3. The van der Waals surface area contributed by atoms with Crippen LogP contribution < -0.4 is 26.0 Å². The molecule has 0 bridgehead atoms. The van der Waals surface area contributed by atoms with Crippen LogP contribution >= 0.6 is 66.1 Å². The molecule has 7 N–H and O–H groups in total. The zero-order valence-electron chi connectivity index (χ0n) is 49.3. The maximum Gasteiger partial charge on any atom is 0.408 e. The molecule has 0 radical (unpaired) electrons. The van der Waals surface area contributed by atoms with Gasteiger partial charge in [-0.15, -0.1) is 11.3 Å². The number of aliphatic carboxylic acids is 2. The molecule has 2 aromatic carbocycles. The van der Waals surface area contributed by atoms with Crippen LogP contribution in [-0.4, -0.2) is 155 Å². The quantitative estimate of drug-likeness (QED) is 0.0883. The largest absolute Gasteiger partial charge is 0.479 e. The highest BCUT2D eigenvalue weighted by molar-refractivity contribution is 9.10. The number of aliphatic hydroxyl groups excluding tert-OH is 1. The van der Waals surface area contributed by atoms with Crippen molar-refractivity contribution in [2.75, 3.05) is 13.1 Å². The van der Waals surface area contributed by atoms with Crippen molar-refractivity contribution in [3.63, 3.8) is 0 Å². The predicted octanol–water partition coefficient (Wildman–Crippen LogP) is 9.81. The van der Waals surface area contributed by atoms with E-state index in [0.717, 1.165) is 67.9 Å². The van der Waals surface area contributed by atoms with Crippen molar-refractivity contribution in [2.45, 2.75) is 190 Å². The smallest absolute Gasteiger partial charge is 0.408 e. The van der Waals surface area contributed by atoms with E-state index in [1.54, 1.807) is 41.5 Å². The molecular formula is C60H75Br2ClN8O14S2. The summed E-state index contributed by atoms with van der Waals surface area (Å²) in [6.45, 7) is 10.4. The van der Waals surface area contributed by atoms with Crippen molar-refractivity contribution in [3.05, 3.63) is 74.1 Å². The lowest BCUT2D eigenvalue weighted by atomic mass is 10.0. The summed E-state index contributed by atoms with van der Waals surface area (Å²) in [6.07, 6.45) is 12.4. The van der Waals surface area contributed by atoms with E-state index in [2.05, 4.69) is 63.1 Å². The molecule has 2 saturated heterocycles. The Balaban J connectivity index is 0.000000196. The van der Waals surface area contributed by atoms with Crippen molar-refractivity contribution >= 4 is 134 Å². The third-order valence-corrected chi connectivity index (χ3v) is 18.6. The van der Waals surface area contributed by atoms with Gasteiger partial charge in [-0.3, -0.25) is 19.2 Å². The molecule has 10 atom stereocenters. The molecule has 6 aliphatic rings. The van der Waals surface area contributed by atoms with Gasteiger partial charge in [0, 0.05) is 40.2 Å². The van der Waals surface area contributed by atoms with Gasteiger partial charge in [0.05, 0.1) is 33.1 Å². The first kappa shape index (κ1) is 67.0. The summed E-state index contributed by atoms with van der Waals surface area (Å²) in [5.74, 6) is -4.93. The second-order valence-electron chi connectivity index (χ2n) is 24.7. The minimum Gasteiger partial charge on any atom is -0.479 e. The van der Waals surface area contributed by atoms with Crippen LogP contribution in [-0.2, 0) is 38.2 Å². The van der Waals surface area contributed by atoms with E-state index in [-0.39, 0.29) is 50.6 Å². The van der Waals surface area contributed by atoms with Gasteiger partial charge in [0.1, 0.15) is 52.6 Å². The number of aromatic nitrogens is 2. The molecule has 27 heteroatoms. The van der Waals surface area contributed by atoms with Crippen LogP contribution in [0.25, 0.3) is 20.4 Å². The number of halogens is 3. The Morgan fingerprint density at radius 3 is 1.61 bits per heavy atom. The molecule has 4 fully saturated rings. The second kappa shape index (κ2) is 28.3. The van der Waals surface area contributed by atoms with Crippen LogP contribution in [0.3, 0.4) is 0 Å². The zero-order valence-corrected chi connectivity index (χ0v) is 54.8. The number of nitrogens with one attached hydrogen (secondary N) is 4. The van der Waals surface area contributed by atoms with Gasteiger partial charge in [-0.25, -0.2) is 29.1 Å². The number of hydrogen-bond acceptors (Lipinski definition) is 16. The third kappa shape index (κ3) is 17.7. The normalized spacial score (nSPS) is 28.6. The van der Waals surface area contributed by atoms with Crippen molar-refractivity contribution < 1.29 is 67.9 Å². The summed E-state index contributed by atoms with van der Waals surface area (Å²) in [5.41, 5.74) is -2.56. The summed E-state index contributed by atoms with van der Waals surface area (Å²) in [7, 11) is 0. The maximum atomic E-state index is 14.1. The number of aliphatic hydroxyl groups is 1. The summed E-state index contributed by atoms with van der Waals surface area (Å²) >= 11 is 15.4. The van der Waals surface area contributed by atoms with Gasteiger partial charge in [-0.05, 0) is 129 Å². The molecule has 4 aliphatic heterocycles. The van der Waals surface area contributed by atoms with Crippen LogP contribution in [0.15, 0.2) is 69.6 Å². The lowest BCUT2D eigenvalue weighted by Crippen LogP contribution is -2.56. The number of fused-ring (bicyclic) bond motifs is 6. The molecular weight excluding hydrogens is 1320 g/mol. The van der Waals surface area contributed by atoms with Gasteiger partial charge in [-0.2, -0.15) is 0 Å². The molecule has 0 unspecified atom stereocenters. The van der Waals surface area contributed by atoms with Crippen molar-refractivity contribution in [1.29, 1.82) is 0 Å². The molecule has 10 rings (SSSR count). The fraction of sp³-hybridized carbons (Fsp3) is 0.567. The monoisotopic (exact) mass is 1390 g/mol. The number of carbonyl (C=O) groups excluding carboxylic acids is 6. The minimum atomic E-state index is -1.41. The van der Waals surface area contributed by atoms with Crippen LogP contribution in [0.1, 0.15) is 131 Å². The Kier molecular flexibility index (Phi) is 21.8. The minimum absolute atomic E-state index is 0.00688. The van der Waals surface area contributed by atoms with Gasteiger partial charge in [-0.1, -0.05) is 105 Å². The first-order valence-corrected chi connectivity index (χ1v) is 32.8. The highest BCUT2D eigenvalue weighted by Gasteiger charge is 2.63. The zero-order chi connectivity index (χ0) is 63.2. The van der Waals surface area contributed by atoms with E-state index >= 15 is 0 Å². The van der Waals surface area contributed by atoms with E-state index in [1.165, 1.54) is 32.5 Å². The van der Waals surface area contributed by atoms with Gasteiger partial charge in [0.25, 0.3) is 5.19 Å². The Morgan fingerprint density at radius 2 is 1.13 bits per heavy atom. The van der Waals surface area contributed by atoms with Crippen LogP contribution in [0.4, 0.5) is 9.59 Å². The van der Waals surface area contributed by atoms with Crippen LogP contribution in [0.2, 0.25) is 4.47 Å². The highest BCUT2D eigenvalue weighted by atomic mass is 79.9. The van der Waals surface area contributed by atoms with Gasteiger partial charge >= 0.3 is 24.1 Å². The van der Waals surface area contributed by atoms with E-state index in [1.807, 2.05) is 60.7 Å². The molecule has 0 spiro atoms. The van der Waals surface area contributed by atoms with Crippen molar-refractivity contribution in [1.82, 2.24) is 41.0 Å². The number of nitrogens with zero attached hydrogens (tertiary/aromatic N) is 4. The molecule has 2 aliphatic carbocycles. The third-order valence-electron chi connectivity index (χ3n) is 15.6. The predicted molar refractivity (Wildman–Crippen MR) is 334 cm³/mol. The van der Waals surface area contributed by atoms with Gasteiger partial charge in [0.15, 0.2) is 4.47 Å². The van der Waals surface area contributed by atoms with E-state index in [0.29, 0.717) is 35.3 Å². The van der Waals surface area contributed by atoms with E-state index in [9.17, 15) is 53.7 Å². The number of hydrogen-bond donors (Lipinski definition) is 7. The van der Waals surface area contributed by atoms with Gasteiger partial charge < -0.3 is 60.6 Å². The number of rotatable bonds is 6. The van der Waals surface area contributed by atoms with E-state index in [4.69, 9.17) is 25.8 Å². The van der Waals surface area contributed by atoms with Gasteiger partial charge in [0.2, 0.25) is 23.6 Å². The molecule has 87 heavy (non-hydrogen) atoms. The number of carboxylic acid groups (broad SMARTS) is 2. The lowest BCUT2D eigenvalue weighted by Gasteiger charge is -2.30. The first-order valence-electron chi connectivity index (χ1n) is 29.2.